The van der Waals surface area contributed by atoms with Crippen molar-refractivity contribution >= 4 is 0 Å². The van der Waals surface area contributed by atoms with Crippen molar-refractivity contribution in [3.63, 3.8) is 0 Å². The molecule has 2 rings (SSSR count). The second-order valence-electron chi connectivity index (χ2n) is 4.09. The Kier molecular flexibility index (Phi) is 4.04. The SMILES string of the molecule is CCCNCc1cnc(-c2cc(F)cc(F)c2)[nH]1. The van der Waals surface area contributed by atoms with E-state index in [4.69, 9.17) is 0 Å². The van der Waals surface area contributed by atoms with Crippen molar-refractivity contribution in [2.45, 2.75) is 19.9 Å². The number of imidazole rings is 1. The molecule has 2 N–H and O–H groups in total. The third-order valence-electron chi connectivity index (χ3n) is 2.51. The standard InChI is InChI=1S/C13H15F2N3/c1-2-3-16-7-12-8-17-13(18-12)9-4-10(14)6-11(15)5-9/h4-6,8,16H,2-3,7H2,1H3,(H,17,18). The molecule has 0 amide bonds. The fourth-order valence-electron chi connectivity index (χ4n) is 1.69. The molecular weight excluding hydrogens is 236 g/mol. The second kappa shape index (κ2) is 5.73. The number of aromatic amines is 1. The van der Waals surface area contributed by atoms with Crippen molar-refractivity contribution in [3.05, 3.63) is 41.7 Å². The topological polar surface area (TPSA) is 40.7 Å². The van der Waals surface area contributed by atoms with E-state index < -0.39 is 11.6 Å². The van der Waals surface area contributed by atoms with Crippen molar-refractivity contribution in [2.75, 3.05) is 6.54 Å². The van der Waals surface area contributed by atoms with E-state index in [0.29, 0.717) is 17.9 Å². The second-order valence-corrected chi connectivity index (χ2v) is 4.09. The van der Waals surface area contributed by atoms with Crippen LogP contribution in [0.3, 0.4) is 0 Å². The van der Waals surface area contributed by atoms with Gasteiger partial charge in [-0.3, -0.25) is 0 Å². The molecule has 0 bridgehead atoms. The van der Waals surface area contributed by atoms with E-state index in [0.717, 1.165) is 24.7 Å². The molecule has 1 aromatic heterocycles. The van der Waals surface area contributed by atoms with Crippen LogP contribution in [0.15, 0.2) is 24.4 Å². The normalized spacial score (nSPS) is 10.8. The largest absolute Gasteiger partial charge is 0.341 e. The minimum absolute atomic E-state index is 0.411. The number of hydrogen-bond donors (Lipinski definition) is 2. The van der Waals surface area contributed by atoms with Gasteiger partial charge in [0.15, 0.2) is 0 Å². The number of aromatic nitrogens is 2. The first-order chi connectivity index (χ1) is 8.69. The average molecular weight is 251 g/mol. The summed E-state index contributed by atoms with van der Waals surface area (Å²) in [6.07, 6.45) is 2.72. The van der Waals surface area contributed by atoms with Crippen LogP contribution in [-0.2, 0) is 6.54 Å². The van der Waals surface area contributed by atoms with Crippen LogP contribution in [0.5, 0.6) is 0 Å². The molecule has 0 aliphatic heterocycles. The molecule has 1 heterocycles. The van der Waals surface area contributed by atoms with Crippen LogP contribution < -0.4 is 5.32 Å². The smallest absolute Gasteiger partial charge is 0.137 e. The van der Waals surface area contributed by atoms with Crippen LogP contribution in [0.2, 0.25) is 0 Å². The molecular formula is C13H15F2N3. The highest BCUT2D eigenvalue weighted by Gasteiger charge is 2.06. The first-order valence-corrected chi connectivity index (χ1v) is 5.90. The summed E-state index contributed by atoms with van der Waals surface area (Å²) < 4.78 is 26.1. The summed E-state index contributed by atoms with van der Waals surface area (Å²) in [6, 6.07) is 3.35. The van der Waals surface area contributed by atoms with Gasteiger partial charge < -0.3 is 10.3 Å². The zero-order valence-electron chi connectivity index (χ0n) is 10.1. The predicted octanol–water partition coefficient (Wildman–Crippen LogP) is 2.85. The van der Waals surface area contributed by atoms with E-state index in [1.807, 2.05) is 0 Å². The summed E-state index contributed by atoms with van der Waals surface area (Å²) in [5.41, 5.74) is 1.30. The monoisotopic (exact) mass is 251 g/mol. The van der Waals surface area contributed by atoms with Gasteiger partial charge in [0.05, 0.1) is 0 Å². The first-order valence-electron chi connectivity index (χ1n) is 5.90. The van der Waals surface area contributed by atoms with Crippen LogP contribution in [0.1, 0.15) is 19.0 Å². The average Bonchev–Trinajstić information content (AvgIpc) is 2.77. The fraction of sp³-hybridized carbons (Fsp3) is 0.308. The van der Waals surface area contributed by atoms with E-state index in [1.165, 1.54) is 12.1 Å². The Balaban J connectivity index is 2.13. The molecule has 0 unspecified atom stereocenters. The highest BCUT2D eigenvalue weighted by atomic mass is 19.1. The molecule has 96 valence electrons. The molecule has 0 fully saturated rings. The van der Waals surface area contributed by atoms with Crippen LogP contribution in [0.25, 0.3) is 11.4 Å². The fourth-order valence-corrected chi connectivity index (χ4v) is 1.69. The molecule has 1 aromatic carbocycles. The minimum atomic E-state index is -0.605. The molecule has 0 radical (unpaired) electrons. The maximum atomic E-state index is 13.1. The Morgan fingerprint density at radius 1 is 1.22 bits per heavy atom. The molecule has 5 heteroatoms. The van der Waals surface area contributed by atoms with Crippen LogP contribution in [-0.4, -0.2) is 16.5 Å². The Morgan fingerprint density at radius 2 is 1.94 bits per heavy atom. The third-order valence-corrected chi connectivity index (χ3v) is 2.51. The van der Waals surface area contributed by atoms with Gasteiger partial charge in [0.2, 0.25) is 0 Å². The lowest BCUT2D eigenvalue weighted by Crippen LogP contribution is -2.13. The zero-order valence-corrected chi connectivity index (χ0v) is 10.1. The minimum Gasteiger partial charge on any atom is -0.341 e. The summed E-state index contributed by atoms with van der Waals surface area (Å²) in [5, 5.41) is 3.22. The van der Waals surface area contributed by atoms with E-state index in [2.05, 4.69) is 22.2 Å². The van der Waals surface area contributed by atoms with Gasteiger partial charge in [0.1, 0.15) is 17.5 Å². The van der Waals surface area contributed by atoms with Gasteiger partial charge in [-0.05, 0) is 25.1 Å². The molecule has 0 spiro atoms. The predicted molar refractivity (Wildman–Crippen MR) is 65.9 cm³/mol. The number of nitrogens with zero attached hydrogens (tertiary/aromatic N) is 1. The lowest BCUT2D eigenvalue weighted by Gasteiger charge is -2.00. The van der Waals surface area contributed by atoms with E-state index in [-0.39, 0.29) is 0 Å². The molecule has 0 saturated heterocycles. The Labute approximate surface area is 104 Å². The number of benzene rings is 1. The zero-order chi connectivity index (χ0) is 13.0. The highest BCUT2D eigenvalue weighted by molar-refractivity contribution is 5.55. The lowest BCUT2D eigenvalue weighted by atomic mass is 10.2. The van der Waals surface area contributed by atoms with Gasteiger partial charge in [0, 0.05) is 30.1 Å². The summed E-state index contributed by atoms with van der Waals surface area (Å²) >= 11 is 0. The van der Waals surface area contributed by atoms with Gasteiger partial charge >= 0.3 is 0 Å². The van der Waals surface area contributed by atoms with Gasteiger partial charge in [0.25, 0.3) is 0 Å². The van der Waals surface area contributed by atoms with Gasteiger partial charge in [-0.25, -0.2) is 13.8 Å². The lowest BCUT2D eigenvalue weighted by molar-refractivity contribution is 0.584. The molecule has 18 heavy (non-hydrogen) atoms. The van der Waals surface area contributed by atoms with Gasteiger partial charge in [-0.1, -0.05) is 6.92 Å². The number of rotatable bonds is 5. The van der Waals surface area contributed by atoms with Gasteiger partial charge in [-0.15, -0.1) is 0 Å². The summed E-state index contributed by atoms with van der Waals surface area (Å²) in [6.45, 7) is 3.67. The molecule has 0 atom stereocenters. The van der Waals surface area contributed by atoms with Crippen LogP contribution in [0, 0.1) is 11.6 Å². The first kappa shape index (κ1) is 12.7. The number of H-pyrrole nitrogens is 1. The van der Waals surface area contributed by atoms with Crippen molar-refractivity contribution in [1.29, 1.82) is 0 Å². The number of halogens is 2. The van der Waals surface area contributed by atoms with Crippen molar-refractivity contribution in [3.8, 4) is 11.4 Å². The number of hydrogen-bond acceptors (Lipinski definition) is 2. The van der Waals surface area contributed by atoms with E-state index >= 15 is 0 Å². The maximum Gasteiger partial charge on any atom is 0.137 e. The molecule has 0 aliphatic rings. The highest BCUT2D eigenvalue weighted by Crippen LogP contribution is 2.18. The Hall–Kier alpha value is -1.75. The number of nitrogens with one attached hydrogen (secondary N) is 2. The molecule has 3 nitrogen and oxygen atoms in total. The van der Waals surface area contributed by atoms with E-state index in [1.54, 1.807) is 6.20 Å². The summed E-state index contributed by atoms with van der Waals surface area (Å²) in [4.78, 5) is 7.15. The summed E-state index contributed by atoms with van der Waals surface area (Å²) in [5.74, 6) is -0.735. The molecule has 0 saturated carbocycles. The van der Waals surface area contributed by atoms with Gasteiger partial charge in [-0.2, -0.15) is 0 Å². The van der Waals surface area contributed by atoms with Crippen molar-refractivity contribution in [1.82, 2.24) is 15.3 Å². The maximum absolute atomic E-state index is 13.1. The van der Waals surface area contributed by atoms with E-state index in [9.17, 15) is 8.78 Å². The molecule has 0 aliphatic carbocycles. The Bertz CT molecular complexity index is 502. The third kappa shape index (κ3) is 3.13. The van der Waals surface area contributed by atoms with Crippen molar-refractivity contribution in [2.24, 2.45) is 0 Å². The Morgan fingerprint density at radius 3 is 2.61 bits per heavy atom. The molecule has 2 aromatic rings. The van der Waals surface area contributed by atoms with Crippen LogP contribution >= 0.6 is 0 Å². The summed E-state index contributed by atoms with van der Waals surface area (Å²) in [7, 11) is 0. The van der Waals surface area contributed by atoms with Crippen molar-refractivity contribution < 1.29 is 8.78 Å². The quantitative estimate of drug-likeness (QED) is 0.802. The van der Waals surface area contributed by atoms with Crippen LogP contribution in [0.4, 0.5) is 8.78 Å².